The van der Waals surface area contributed by atoms with Crippen LogP contribution >= 0.6 is 0 Å². The van der Waals surface area contributed by atoms with Crippen molar-refractivity contribution >= 4 is 17.9 Å². The van der Waals surface area contributed by atoms with E-state index in [9.17, 15) is 19.5 Å². The Labute approximate surface area is 145 Å². The topological polar surface area (TPSA) is 127 Å². The van der Waals surface area contributed by atoms with Gasteiger partial charge in [-0.05, 0) is 0 Å². The minimum atomic E-state index is -1.55. The lowest BCUT2D eigenvalue weighted by molar-refractivity contribution is -0.309. The molecule has 0 spiro atoms. The van der Waals surface area contributed by atoms with Gasteiger partial charge in [0.05, 0.1) is 0 Å². The second-order valence-corrected chi connectivity index (χ2v) is 5.42. The van der Waals surface area contributed by atoms with Crippen LogP contribution in [-0.4, -0.2) is 80.7 Å². The van der Waals surface area contributed by atoms with Gasteiger partial charge < -0.3 is 33.5 Å². The average Bonchev–Trinajstić information content (AvgIpc) is 2.51. The fraction of sp³-hybridized carbons (Fsp3) is 0.800. The van der Waals surface area contributed by atoms with Crippen LogP contribution in [0.1, 0.15) is 20.8 Å². The summed E-state index contributed by atoms with van der Waals surface area (Å²) < 4.78 is 31.1. The Kier molecular flexibility index (Phi) is 8.23. The Morgan fingerprint density at radius 1 is 0.960 bits per heavy atom. The number of carbonyl (C=O) groups excluding carboxylic acids is 3. The summed E-state index contributed by atoms with van der Waals surface area (Å²) in [4.78, 5) is 33.7. The van der Waals surface area contributed by atoms with Gasteiger partial charge in [0.25, 0.3) is 0 Å². The van der Waals surface area contributed by atoms with Crippen LogP contribution in [0, 0.1) is 0 Å². The maximum Gasteiger partial charge on any atom is 0.303 e. The number of hydrogen-bond acceptors (Lipinski definition) is 10. The van der Waals surface area contributed by atoms with Crippen LogP contribution in [-0.2, 0) is 42.8 Å². The van der Waals surface area contributed by atoms with E-state index in [1.165, 1.54) is 35.0 Å². The quantitative estimate of drug-likeness (QED) is 0.451. The normalized spacial score (nSPS) is 30.2. The van der Waals surface area contributed by atoms with E-state index in [-0.39, 0.29) is 6.61 Å². The highest BCUT2D eigenvalue weighted by Gasteiger charge is 2.51. The smallest absolute Gasteiger partial charge is 0.303 e. The lowest BCUT2D eigenvalue weighted by Gasteiger charge is -2.44. The van der Waals surface area contributed by atoms with Crippen molar-refractivity contribution in [1.29, 1.82) is 0 Å². The molecule has 1 aliphatic heterocycles. The van der Waals surface area contributed by atoms with Gasteiger partial charge in [0.1, 0.15) is 24.9 Å². The second-order valence-electron chi connectivity index (χ2n) is 5.42. The van der Waals surface area contributed by atoms with Crippen molar-refractivity contribution in [3.05, 3.63) is 0 Å². The van der Waals surface area contributed by atoms with E-state index in [1.807, 2.05) is 0 Å². The van der Waals surface area contributed by atoms with E-state index < -0.39 is 54.7 Å². The predicted molar refractivity (Wildman–Crippen MR) is 80.2 cm³/mol. The molecule has 25 heavy (non-hydrogen) atoms. The van der Waals surface area contributed by atoms with Crippen LogP contribution in [0.25, 0.3) is 0 Å². The molecule has 0 bridgehead atoms. The first-order valence-electron chi connectivity index (χ1n) is 7.58. The summed E-state index contributed by atoms with van der Waals surface area (Å²) in [5.41, 5.74) is 0. The number of esters is 3. The maximum absolute atomic E-state index is 11.4. The van der Waals surface area contributed by atoms with Gasteiger partial charge in [0.15, 0.2) is 18.5 Å². The van der Waals surface area contributed by atoms with Crippen LogP contribution in [0.2, 0.25) is 0 Å². The number of carbonyl (C=O) groups is 3. The molecular formula is C15H24O10. The van der Waals surface area contributed by atoms with Crippen LogP contribution in [0.15, 0.2) is 0 Å². The number of rotatable bonds is 7. The fourth-order valence-corrected chi connectivity index (χ4v) is 2.61. The zero-order chi connectivity index (χ0) is 19.1. The summed E-state index contributed by atoms with van der Waals surface area (Å²) in [6.07, 6.45) is -6.57. The molecule has 1 heterocycles. The minimum Gasteiger partial charge on any atom is -0.462 e. The molecule has 1 rings (SSSR count). The van der Waals surface area contributed by atoms with E-state index in [4.69, 9.17) is 28.4 Å². The summed E-state index contributed by atoms with van der Waals surface area (Å²) in [5.74, 6) is -1.86. The first kappa shape index (κ1) is 21.3. The Morgan fingerprint density at radius 2 is 1.56 bits per heavy atom. The molecule has 0 radical (unpaired) electrons. The monoisotopic (exact) mass is 364 g/mol. The lowest BCUT2D eigenvalue weighted by Crippen LogP contribution is -2.63. The highest BCUT2D eigenvalue weighted by Crippen LogP contribution is 2.29. The second kappa shape index (κ2) is 9.66. The van der Waals surface area contributed by atoms with Crippen molar-refractivity contribution in [1.82, 2.24) is 0 Å². The summed E-state index contributed by atoms with van der Waals surface area (Å²) in [7, 11) is 2.70. The van der Waals surface area contributed by atoms with Crippen molar-refractivity contribution < 1.29 is 47.9 Å². The molecule has 1 fully saturated rings. The van der Waals surface area contributed by atoms with Gasteiger partial charge >= 0.3 is 17.9 Å². The third kappa shape index (κ3) is 5.92. The van der Waals surface area contributed by atoms with Crippen LogP contribution < -0.4 is 0 Å². The molecule has 1 saturated heterocycles. The van der Waals surface area contributed by atoms with E-state index in [1.54, 1.807) is 0 Å². The van der Waals surface area contributed by atoms with Gasteiger partial charge in [-0.2, -0.15) is 0 Å². The molecular weight excluding hydrogens is 340 g/mol. The Bertz CT molecular complexity index is 479. The predicted octanol–water partition coefficient (Wildman–Crippen LogP) is -0.840. The molecule has 10 heteroatoms. The molecule has 6 atom stereocenters. The molecule has 0 aliphatic carbocycles. The van der Waals surface area contributed by atoms with Gasteiger partial charge in [-0.1, -0.05) is 0 Å². The molecule has 1 N–H and O–H groups in total. The number of ether oxygens (including phenoxy) is 6. The molecule has 0 aromatic carbocycles. The third-order valence-corrected chi connectivity index (χ3v) is 3.53. The Balaban J connectivity index is 3.06. The van der Waals surface area contributed by atoms with Crippen molar-refractivity contribution in [2.45, 2.75) is 57.6 Å². The van der Waals surface area contributed by atoms with Gasteiger partial charge in [0.2, 0.25) is 0 Å². The fourth-order valence-electron chi connectivity index (χ4n) is 2.61. The van der Waals surface area contributed by atoms with Gasteiger partial charge in [-0.15, -0.1) is 0 Å². The zero-order valence-corrected chi connectivity index (χ0v) is 14.8. The molecule has 1 aliphatic rings. The number of aliphatic hydroxyl groups excluding tert-OH is 1. The molecule has 0 aromatic rings. The summed E-state index contributed by atoms with van der Waals surface area (Å²) in [6, 6.07) is 0. The Hall–Kier alpha value is -1.75. The maximum atomic E-state index is 11.4. The van der Waals surface area contributed by atoms with Crippen LogP contribution in [0.5, 0.6) is 0 Å². The van der Waals surface area contributed by atoms with Crippen molar-refractivity contribution in [2.24, 2.45) is 0 Å². The standard InChI is InChI=1S/C15H24O10/c1-7(16)22-6-10(23-8(2)17)11-12(20-4)13(21-5)14(15(19)25-11)24-9(3)18/h10-15,19H,6H2,1-5H3. The molecule has 144 valence electrons. The molecule has 10 nitrogen and oxygen atoms in total. The average molecular weight is 364 g/mol. The SMILES string of the molecule is COC1C(OC(C)=O)C(O)OC(C(COC(C)=O)OC(C)=O)C1OC. The molecule has 0 saturated carbocycles. The molecule has 6 unspecified atom stereocenters. The van der Waals surface area contributed by atoms with Crippen molar-refractivity contribution in [3.8, 4) is 0 Å². The van der Waals surface area contributed by atoms with E-state index in [0.29, 0.717) is 0 Å². The van der Waals surface area contributed by atoms with E-state index in [2.05, 4.69) is 0 Å². The van der Waals surface area contributed by atoms with E-state index >= 15 is 0 Å². The third-order valence-electron chi connectivity index (χ3n) is 3.53. The van der Waals surface area contributed by atoms with Crippen LogP contribution in [0.4, 0.5) is 0 Å². The van der Waals surface area contributed by atoms with Gasteiger partial charge in [-0.3, -0.25) is 14.4 Å². The highest BCUT2D eigenvalue weighted by atomic mass is 16.7. The first-order valence-corrected chi connectivity index (χ1v) is 7.58. The van der Waals surface area contributed by atoms with Gasteiger partial charge in [0, 0.05) is 35.0 Å². The summed E-state index contributed by atoms with van der Waals surface area (Å²) >= 11 is 0. The molecule has 0 aromatic heterocycles. The van der Waals surface area contributed by atoms with Gasteiger partial charge in [-0.25, -0.2) is 0 Å². The first-order chi connectivity index (χ1) is 11.7. The number of hydrogen-bond donors (Lipinski definition) is 1. The summed E-state index contributed by atoms with van der Waals surface area (Å²) in [5, 5.41) is 10.2. The zero-order valence-electron chi connectivity index (χ0n) is 14.8. The Morgan fingerprint density at radius 3 is 2.00 bits per heavy atom. The number of aliphatic hydroxyl groups is 1. The largest absolute Gasteiger partial charge is 0.462 e. The highest BCUT2D eigenvalue weighted by molar-refractivity contribution is 5.67. The van der Waals surface area contributed by atoms with Crippen LogP contribution in [0.3, 0.4) is 0 Å². The van der Waals surface area contributed by atoms with Crippen molar-refractivity contribution in [3.63, 3.8) is 0 Å². The lowest BCUT2D eigenvalue weighted by atomic mass is 9.94. The van der Waals surface area contributed by atoms with Crippen molar-refractivity contribution in [2.75, 3.05) is 20.8 Å². The number of methoxy groups -OCH3 is 2. The molecule has 0 amide bonds. The summed E-state index contributed by atoms with van der Waals surface area (Å²) in [6.45, 7) is 3.25. The van der Waals surface area contributed by atoms with E-state index in [0.717, 1.165) is 0 Å². The minimum absolute atomic E-state index is 0.305.